The molecule has 68 heavy (non-hydrogen) atoms. The van der Waals surface area contributed by atoms with Crippen molar-refractivity contribution in [3.8, 4) is 45.3 Å². The van der Waals surface area contributed by atoms with Gasteiger partial charge in [0.1, 0.15) is 22.3 Å². The molecule has 0 radical (unpaired) electrons. The van der Waals surface area contributed by atoms with Gasteiger partial charge in [-0.2, -0.15) is 0 Å². The normalized spacial score (nSPS) is 13.3. The minimum atomic E-state index is 0.0788. The molecule has 0 bridgehead atoms. The Balaban J connectivity index is 0.905. The zero-order valence-corrected chi connectivity index (χ0v) is 38.8. The van der Waals surface area contributed by atoms with Crippen LogP contribution in [0.3, 0.4) is 0 Å². The third-order valence-electron chi connectivity index (χ3n) is 13.7. The van der Waals surface area contributed by atoms with Crippen LogP contribution in [0.25, 0.3) is 66.1 Å². The maximum Gasteiger partial charge on any atom is 0.152 e. The van der Waals surface area contributed by atoms with Crippen LogP contribution in [-0.4, -0.2) is 0 Å². The number of hydrogen-bond acceptors (Lipinski definition) is 6. The summed E-state index contributed by atoms with van der Waals surface area (Å²) in [6, 6.07) is 64.3. The first-order chi connectivity index (χ1) is 32.9. The zero-order chi connectivity index (χ0) is 46.1. The van der Waals surface area contributed by atoms with E-state index in [1.807, 2.05) is 12.1 Å². The highest BCUT2D eigenvalue weighted by molar-refractivity contribution is 6.16. The summed E-state index contributed by atoms with van der Waals surface area (Å²) in [5.41, 5.74) is 16.2. The van der Waals surface area contributed by atoms with E-state index in [0.29, 0.717) is 0 Å². The molecule has 0 N–H and O–H groups in total. The quantitative estimate of drug-likeness (QED) is 0.175. The predicted octanol–water partition coefficient (Wildman–Crippen LogP) is 18.6. The average Bonchev–Trinajstić information content (AvgIpc) is 3.88. The summed E-state index contributed by atoms with van der Waals surface area (Å²) >= 11 is 0. The number of para-hydroxylation sites is 2. The van der Waals surface area contributed by atoms with Crippen molar-refractivity contribution < 1.29 is 18.3 Å². The van der Waals surface area contributed by atoms with Crippen LogP contribution in [0, 0.1) is 0 Å². The summed E-state index contributed by atoms with van der Waals surface area (Å²) in [4.78, 5) is 4.55. The van der Waals surface area contributed by atoms with Gasteiger partial charge in [-0.05, 0) is 117 Å². The lowest BCUT2D eigenvalue weighted by atomic mass is 9.86. The van der Waals surface area contributed by atoms with E-state index in [2.05, 4.69) is 221 Å². The second kappa shape index (κ2) is 14.6. The first-order valence-corrected chi connectivity index (χ1v) is 23.4. The molecule has 6 nitrogen and oxygen atoms in total. The Kier molecular flexibility index (Phi) is 8.63. The summed E-state index contributed by atoms with van der Waals surface area (Å²) in [6.45, 7) is 13.5. The molecular weight excluding hydrogens is 837 g/mol. The third-order valence-corrected chi connectivity index (χ3v) is 13.7. The standard InChI is InChI=1S/C62H48N2O4/c1-61(2,3)41-23-17-37(18-24-41)39-21-27-53-49(29-39)63(43-13-9-7-10-14-43)51-35-57-47(33-59(51)65-53)45-31-56-46(32-55(45)67-57)48-34-60-52(36-58(48)68-56)64(44-15-11-8-12-16-44)50-30-40(22-28-54(50)66-60)38-19-25-42(26-20-38)62(4,5)6/h7-36H,1-6H3. The molecule has 0 atom stereocenters. The molecule has 13 rings (SSSR count). The van der Waals surface area contributed by atoms with Crippen LogP contribution in [0.4, 0.5) is 34.1 Å². The maximum atomic E-state index is 6.80. The fourth-order valence-corrected chi connectivity index (χ4v) is 10.0. The molecule has 11 aromatic rings. The number of anilines is 6. The summed E-state index contributed by atoms with van der Waals surface area (Å²) < 4.78 is 27.2. The second-order valence-electron chi connectivity index (χ2n) is 20.2. The van der Waals surface area contributed by atoms with Crippen LogP contribution in [0.1, 0.15) is 52.7 Å². The molecule has 0 saturated heterocycles. The molecule has 0 fully saturated rings. The number of fused-ring (bicyclic) bond motifs is 10. The largest absolute Gasteiger partial charge is 0.456 e. The number of nitrogens with zero attached hydrogens (tertiary/aromatic N) is 2. The van der Waals surface area contributed by atoms with Gasteiger partial charge in [-0.1, -0.05) is 139 Å². The van der Waals surface area contributed by atoms with Crippen molar-refractivity contribution in [2.24, 2.45) is 0 Å². The van der Waals surface area contributed by atoms with Gasteiger partial charge in [-0.15, -0.1) is 0 Å². The molecule has 2 aliphatic rings. The van der Waals surface area contributed by atoms with Crippen molar-refractivity contribution in [2.75, 3.05) is 9.80 Å². The highest BCUT2D eigenvalue weighted by atomic mass is 16.5. The van der Waals surface area contributed by atoms with Crippen LogP contribution >= 0.6 is 0 Å². The molecule has 0 spiro atoms. The first kappa shape index (κ1) is 40.1. The minimum Gasteiger partial charge on any atom is -0.456 e. The topological polar surface area (TPSA) is 51.2 Å². The Labute approximate surface area is 395 Å². The van der Waals surface area contributed by atoms with Crippen LogP contribution in [-0.2, 0) is 10.8 Å². The first-order valence-electron chi connectivity index (χ1n) is 23.4. The van der Waals surface area contributed by atoms with E-state index in [4.69, 9.17) is 18.3 Å². The fraction of sp³-hybridized carbons (Fsp3) is 0.129. The van der Waals surface area contributed by atoms with Crippen molar-refractivity contribution in [3.05, 3.63) is 193 Å². The zero-order valence-electron chi connectivity index (χ0n) is 38.8. The van der Waals surface area contributed by atoms with E-state index in [1.165, 1.54) is 11.1 Å². The Morgan fingerprint density at radius 3 is 1.03 bits per heavy atom. The SMILES string of the molecule is CC(C)(C)c1ccc(-c2ccc3c(c2)N(c2ccccc2)c2cc4oc5cc6c(cc5c4cc2O3)oc2cc3c(cc26)Oc2ccc(-c4ccc(C(C)(C)C)cc4)cc2N3c2ccccc2)cc1. The number of furan rings is 2. The molecule has 6 heteroatoms. The van der Waals surface area contributed by atoms with Gasteiger partial charge in [0.15, 0.2) is 23.0 Å². The van der Waals surface area contributed by atoms with Gasteiger partial charge in [0.05, 0.1) is 22.7 Å². The molecular formula is C62H48N2O4. The molecule has 0 saturated carbocycles. The number of ether oxygens (including phenoxy) is 2. The molecule has 0 unspecified atom stereocenters. The van der Waals surface area contributed by atoms with Gasteiger partial charge in [-0.25, -0.2) is 0 Å². The summed E-state index contributed by atoms with van der Waals surface area (Å²) in [6.07, 6.45) is 0. The molecule has 0 amide bonds. The lowest BCUT2D eigenvalue weighted by molar-refractivity contribution is 0.477. The van der Waals surface area contributed by atoms with Crippen molar-refractivity contribution in [1.82, 2.24) is 0 Å². The van der Waals surface area contributed by atoms with Gasteiger partial charge in [-0.3, -0.25) is 0 Å². The monoisotopic (exact) mass is 884 g/mol. The predicted molar refractivity (Wildman–Crippen MR) is 279 cm³/mol. The van der Waals surface area contributed by atoms with Crippen molar-refractivity contribution in [3.63, 3.8) is 0 Å². The Bertz CT molecular complexity index is 3540. The Hall–Kier alpha value is -8.22. The average molecular weight is 885 g/mol. The van der Waals surface area contributed by atoms with E-state index < -0.39 is 0 Å². The number of benzene rings is 9. The molecule has 2 aromatic heterocycles. The Morgan fingerprint density at radius 1 is 0.309 bits per heavy atom. The smallest absolute Gasteiger partial charge is 0.152 e. The highest BCUT2D eigenvalue weighted by Gasteiger charge is 2.31. The van der Waals surface area contributed by atoms with Crippen molar-refractivity contribution in [1.29, 1.82) is 0 Å². The van der Waals surface area contributed by atoms with Crippen LogP contribution in [0.5, 0.6) is 23.0 Å². The van der Waals surface area contributed by atoms with Gasteiger partial charge >= 0.3 is 0 Å². The van der Waals surface area contributed by atoms with E-state index in [1.54, 1.807) is 0 Å². The molecule has 2 aliphatic heterocycles. The fourth-order valence-electron chi connectivity index (χ4n) is 10.0. The summed E-state index contributed by atoms with van der Waals surface area (Å²) in [5.74, 6) is 3.07. The van der Waals surface area contributed by atoms with Gasteiger partial charge < -0.3 is 28.1 Å². The Morgan fingerprint density at radius 2 is 0.647 bits per heavy atom. The van der Waals surface area contributed by atoms with Crippen molar-refractivity contribution >= 4 is 78.0 Å². The lowest BCUT2D eigenvalue weighted by Gasteiger charge is -2.33. The highest BCUT2D eigenvalue weighted by Crippen LogP contribution is 2.56. The van der Waals surface area contributed by atoms with E-state index in [9.17, 15) is 0 Å². The van der Waals surface area contributed by atoms with Gasteiger partial charge in [0.25, 0.3) is 0 Å². The van der Waals surface area contributed by atoms with E-state index >= 15 is 0 Å². The summed E-state index contributed by atoms with van der Waals surface area (Å²) in [5, 5.41) is 3.80. The maximum absolute atomic E-state index is 6.80. The van der Waals surface area contributed by atoms with Gasteiger partial charge in [0, 0.05) is 45.1 Å². The molecule has 4 heterocycles. The van der Waals surface area contributed by atoms with Crippen LogP contribution in [0.15, 0.2) is 191 Å². The number of rotatable bonds is 4. The van der Waals surface area contributed by atoms with E-state index in [0.717, 1.165) is 123 Å². The number of hydrogen-bond donors (Lipinski definition) is 0. The molecule has 9 aromatic carbocycles. The van der Waals surface area contributed by atoms with Crippen LogP contribution in [0.2, 0.25) is 0 Å². The minimum absolute atomic E-state index is 0.0788. The third kappa shape index (κ3) is 6.46. The van der Waals surface area contributed by atoms with Gasteiger partial charge in [0.2, 0.25) is 0 Å². The van der Waals surface area contributed by atoms with Crippen LogP contribution < -0.4 is 19.3 Å². The summed E-state index contributed by atoms with van der Waals surface area (Å²) in [7, 11) is 0. The van der Waals surface area contributed by atoms with E-state index in [-0.39, 0.29) is 10.8 Å². The van der Waals surface area contributed by atoms with Crippen molar-refractivity contribution in [2.45, 2.75) is 52.4 Å². The molecule has 330 valence electrons. The molecule has 0 aliphatic carbocycles. The second-order valence-corrected chi connectivity index (χ2v) is 20.2. The lowest BCUT2D eigenvalue weighted by Crippen LogP contribution is -2.15.